The molecule has 3 aliphatic carbocycles. The molecule has 2 saturated carbocycles. The number of hydrogen-bond donors (Lipinski definition) is 0. The molecule has 0 N–H and O–H groups in total. The molecule has 5 aliphatic rings. The van der Waals surface area contributed by atoms with E-state index in [4.69, 9.17) is 0 Å². The third kappa shape index (κ3) is 3.23. The Bertz CT molecular complexity index is 801. The van der Waals surface area contributed by atoms with Gasteiger partial charge in [-0.05, 0) is 54.9 Å². The van der Waals surface area contributed by atoms with Crippen LogP contribution in [0.25, 0.3) is 0 Å². The summed E-state index contributed by atoms with van der Waals surface area (Å²) >= 11 is 0. The van der Waals surface area contributed by atoms with Gasteiger partial charge in [-0.2, -0.15) is 0 Å². The molecule has 4 nitrogen and oxygen atoms in total. The lowest BCUT2D eigenvalue weighted by atomic mass is 9.87. The molecule has 1 aromatic carbocycles. The second-order valence-corrected chi connectivity index (χ2v) is 10.4. The van der Waals surface area contributed by atoms with Crippen LogP contribution in [0, 0.1) is 23.2 Å². The maximum Gasteiger partial charge on any atom is 0.226 e. The average molecular weight is 406 g/mol. The molecule has 2 aliphatic heterocycles. The highest BCUT2D eigenvalue weighted by molar-refractivity contribution is 5.80. The Balaban J connectivity index is 0.981. The minimum absolute atomic E-state index is 0.292. The van der Waals surface area contributed by atoms with Crippen LogP contribution in [0.1, 0.15) is 37.7 Å². The molecule has 3 atom stereocenters. The van der Waals surface area contributed by atoms with Gasteiger partial charge in [0.25, 0.3) is 0 Å². The fourth-order valence-electron chi connectivity index (χ4n) is 7.07. The van der Waals surface area contributed by atoms with Crippen LogP contribution in [0.4, 0.5) is 0 Å². The number of carbonyl (C=O) groups is 1. The van der Waals surface area contributed by atoms with Gasteiger partial charge in [0.2, 0.25) is 5.91 Å². The summed E-state index contributed by atoms with van der Waals surface area (Å²) in [5.41, 5.74) is 1.94. The molecule has 0 aromatic heterocycles. The van der Waals surface area contributed by atoms with Gasteiger partial charge in [-0.3, -0.25) is 14.6 Å². The Morgan fingerprint density at radius 3 is 2.33 bits per heavy atom. The van der Waals surface area contributed by atoms with Crippen LogP contribution in [0.2, 0.25) is 0 Å². The molecule has 160 valence electrons. The minimum Gasteiger partial charge on any atom is -0.342 e. The lowest BCUT2D eigenvalue weighted by molar-refractivity contribution is -0.138. The Kier molecular flexibility index (Phi) is 4.76. The summed E-state index contributed by atoms with van der Waals surface area (Å²) in [4.78, 5) is 20.8. The number of nitrogens with zero attached hydrogens (tertiary/aromatic N) is 3. The van der Waals surface area contributed by atoms with E-state index < -0.39 is 0 Å². The molecular weight excluding hydrogens is 370 g/mol. The van der Waals surface area contributed by atoms with Crippen molar-refractivity contribution in [3.8, 4) is 0 Å². The summed E-state index contributed by atoms with van der Waals surface area (Å²) in [5, 5.41) is 0. The van der Waals surface area contributed by atoms with Crippen molar-refractivity contribution in [2.45, 2.75) is 44.7 Å². The molecular formula is C26H35N3O. The maximum absolute atomic E-state index is 13.3. The van der Waals surface area contributed by atoms with Crippen LogP contribution >= 0.6 is 0 Å². The van der Waals surface area contributed by atoms with E-state index in [0.29, 0.717) is 35.1 Å². The number of allylic oxidation sites excluding steroid dienone is 2. The summed E-state index contributed by atoms with van der Waals surface area (Å²) in [5.74, 6) is 2.04. The first-order valence-electron chi connectivity index (χ1n) is 12.2. The molecule has 1 spiro atoms. The smallest absolute Gasteiger partial charge is 0.226 e. The minimum atomic E-state index is 0.292. The Morgan fingerprint density at radius 1 is 0.933 bits per heavy atom. The van der Waals surface area contributed by atoms with Crippen molar-refractivity contribution in [2.24, 2.45) is 23.2 Å². The molecule has 3 unspecified atom stereocenters. The topological polar surface area (TPSA) is 26.8 Å². The van der Waals surface area contributed by atoms with Crippen LogP contribution in [0.5, 0.6) is 0 Å². The van der Waals surface area contributed by atoms with Gasteiger partial charge in [0.1, 0.15) is 0 Å². The van der Waals surface area contributed by atoms with Gasteiger partial charge in [-0.25, -0.2) is 0 Å². The van der Waals surface area contributed by atoms with Gasteiger partial charge in [0.05, 0.1) is 0 Å². The summed E-state index contributed by atoms with van der Waals surface area (Å²) in [6.07, 6.45) is 11.0. The Hall–Kier alpha value is -1.65. The normalized spacial score (nSPS) is 33.5. The summed E-state index contributed by atoms with van der Waals surface area (Å²) < 4.78 is 0. The van der Waals surface area contributed by atoms with Crippen molar-refractivity contribution in [1.29, 1.82) is 0 Å². The van der Waals surface area contributed by atoms with Crippen LogP contribution in [0.15, 0.2) is 42.5 Å². The van der Waals surface area contributed by atoms with Crippen molar-refractivity contribution in [2.75, 3.05) is 39.3 Å². The van der Waals surface area contributed by atoms with Gasteiger partial charge in [-0.15, -0.1) is 0 Å². The number of piperazine rings is 1. The molecule has 30 heavy (non-hydrogen) atoms. The quantitative estimate of drug-likeness (QED) is 0.719. The lowest BCUT2D eigenvalue weighted by Gasteiger charge is -2.43. The fraction of sp³-hybridized carbons (Fsp3) is 0.654. The number of benzene rings is 1. The monoisotopic (exact) mass is 405 g/mol. The predicted octanol–water partition coefficient (Wildman–Crippen LogP) is 3.40. The molecule has 6 rings (SSSR count). The summed E-state index contributed by atoms with van der Waals surface area (Å²) in [6.45, 7) is 7.68. The standard InChI is InChI=1S/C26H35N3O/c30-25(23-18-21-6-7-24(23)26(21)10-11-26)29-12-8-22(9-13-29)28-16-14-27(15-17-28)19-20-4-2-1-3-5-20/h1-7,21-24H,8-19H2. The fourth-order valence-corrected chi connectivity index (χ4v) is 7.07. The first-order chi connectivity index (χ1) is 14.7. The van der Waals surface area contributed by atoms with E-state index >= 15 is 0 Å². The Morgan fingerprint density at radius 2 is 1.67 bits per heavy atom. The largest absolute Gasteiger partial charge is 0.342 e. The number of carbonyl (C=O) groups excluding carboxylic acids is 1. The molecule has 1 aromatic rings. The Labute approximate surface area is 180 Å². The highest BCUT2D eigenvalue weighted by Crippen LogP contribution is 2.70. The van der Waals surface area contributed by atoms with E-state index in [1.54, 1.807) is 0 Å². The second-order valence-electron chi connectivity index (χ2n) is 10.4. The first kappa shape index (κ1) is 19.1. The first-order valence-corrected chi connectivity index (χ1v) is 12.2. The summed E-state index contributed by atoms with van der Waals surface area (Å²) in [7, 11) is 0. The zero-order valence-electron chi connectivity index (χ0n) is 18.1. The van der Waals surface area contributed by atoms with Crippen LogP contribution in [-0.4, -0.2) is 65.9 Å². The van der Waals surface area contributed by atoms with Crippen molar-refractivity contribution in [1.82, 2.24) is 14.7 Å². The van der Waals surface area contributed by atoms with E-state index in [-0.39, 0.29) is 0 Å². The van der Waals surface area contributed by atoms with Crippen molar-refractivity contribution in [3.63, 3.8) is 0 Å². The number of rotatable bonds is 4. The highest BCUT2D eigenvalue weighted by atomic mass is 16.2. The van der Waals surface area contributed by atoms with Gasteiger partial charge >= 0.3 is 0 Å². The van der Waals surface area contributed by atoms with E-state index in [1.165, 1.54) is 31.5 Å². The molecule has 2 heterocycles. The molecule has 4 heteroatoms. The molecule has 2 bridgehead atoms. The van der Waals surface area contributed by atoms with Gasteiger partial charge in [-0.1, -0.05) is 42.5 Å². The molecule has 0 radical (unpaired) electrons. The van der Waals surface area contributed by atoms with Gasteiger partial charge in [0, 0.05) is 57.8 Å². The van der Waals surface area contributed by atoms with E-state index in [1.807, 2.05) is 0 Å². The third-order valence-corrected chi connectivity index (χ3v) is 8.99. The third-order valence-electron chi connectivity index (χ3n) is 8.99. The van der Waals surface area contributed by atoms with E-state index in [9.17, 15) is 4.79 Å². The van der Waals surface area contributed by atoms with E-state index in [0.717, 1.165) is 52.0 Å². The average Bonchev–Trinajstić information content (AvgIpc) is 3.47. The second kappa shape index (κ2) is 7.49. The van der Waals surface area contributed by atoms with Crippen molar-refractivity contribution < 1.29 is 4.79 Å². The highest BCUT2D eigenvalue weighted by Gasteiger charge is 2.64. The predicted molar refractivity (Wildman–Crippen MR) is 119 cm³/mol. The SMILES string of the molecule is O=C(C1CC2C=CC1C21CC1)N1CCC(N2CCN(Cc3ccccc3)CC2)CC1. The van der Waals surface area contributed by atoms with Crippen LogP contribution in [0.3, 0.4) is 0 Å². The molecule has 1 amide bonds. The number of amides is 1. The zero-order chi connectivity index (χ0) is 20.1. The van der Waals surface area contributed by atoms with Crippen molar-refractivity contribution in [3.05, 3.63) is 48.0 Å². The van der Waals surface area contributed by atoms with Gasteiger partial charge < -0.3 is 4.90 Å². The zero-order valence-corrected chi connectivity index (χ0v) is 18.1. The van der Waals surface area contributed by atoms with Gasteiger partial charge in [0.15, 0.2) is 0 Å². The number of hydrogen-bond acceptors (Lipinski definition) is 3. The molecule has 4 fully saturated rings. The van der Waals surface area contributed by atoms with Crippen LogP contribution in [-0.2, 0) is 11.3 Å². The summed E-state index contributed by atoms with van der Waals surface area (Å²) in [6, 6.07) is 11.5. The van der Waals surface area contributed by atoms with E-state index in [2.05, 4.69) is 57.2 Å². The number of piperidine rings is 1. The van der Waals surface area contributed by atoms with Crippen molar-refractivity contribution >= 4 is 5.91 Å². The maximum atomic E-state index is 13.3. The lowest BCUT2D eigenvalue weighted by Crippen LogP contribution is -2.54. The number of likely N-dealkylation sites (tertiary alicyclic amines) is 1. The van der Waals surface area contributed by atoms with Crippen LogP contribution < -0.4 is 0 Å². The molecule has 2 saturated heterocycles.